The fourth-order valence-electron chi connectivity index (χ4n) is 8.90. The Hall–Kier alpha value is -4.63. The zero-order chi connectivity index (χ0) is 34.1. The number of carbonyl (C=O) groups excluding carboxylic acids is 3. The molecule has 0 radical (unpaired) electrons. The van der Waals surface area contributed by atoms with Crippen LogP contribution in [0, 0.1) is 23.2 Å². The van der Waals surface area contributed by atoms with E-state index in [-0.39, 0.29) is 42.4 Å². The maximum atomic E-state index is 13.7. The zero-order valence-corrected chi connectivity index (χ0v) is 28.3. The molecule has 256 valence electrons. The Morgan fingerprint density at radius 2 is 1.61 bits per heavy atom. The Balaban J connectivity index is 1.34. The van der Waals surface area contributed by atoms with Crippen molar-refractivity contribution < 1.29 is 14.4 Å². The third-order valence-corrected chi connectivity index (χ3v) is 11.3. The van der Waals surface area contributed by atoms with E-state index in [2.05, 4.69) is 42.6 Å². The lowest BCUT2D eigenvalue weighted by molar-refractivity contribution is -0.131. The van der Waals surface area contributed by atoms with Crippen LogP contribution in [-0.4, -0.2) is 81.0 Å². The molecule has 0 unspecified atom stereocenters. The Morgan fingerprint density at radius 1 is 0.980 bits per heavy atom. The summed E-state index contributed by atoms with van der Waals surface area (Å²) < 4.78 is 0. The maximum Gasteiger partial charge on any atom is 0.251 e. The van der Waals surface area contributed by atoms with Crippen molar-refractivity contribution in [1.29, 1.82) is 5.26 Å². The van der Waals surface area contributed by atoms with Crippen molar-refractivity contribution in [2.75, 3.05) is 19.6 Å². The normalized spacial score (nSPS) is 22.6. The standard InChI is InChI=1S/C37H45N9O3/c1-3-39-34(48)25-11-13-29-23(15-25)9-10-24-16-26(35(49)40-4-2)12-14-30(24)37(29,36-42-44-45-43-36)19-31(22-7-5-6-8-22)41-21-33(47)46-28(20-38)17-27-18-32(27)46/h11-16,22,27-28,31-32,41H,3-10,17-19,21H2,1-2H3,(H,39,48)(H,40,49)(H,42,43,44,45)/t27-,28+,31+,32+/m1/s1. The van der Waals surface area contributed by atoms with Gasteiger partial charge in [0, 0.05) is 36.3 Å². The van der Waals surface area contributed by atoms with E-state index in [4.69, 9.17) is 0 Å². The molecular formula is C37H45N9O3. The molecule has 12 heteroatoms. The molecule has 49 heavy (non-hydrogen) atoms. The first kappa shape index (κ1) is 32.9. The van der Waals surface area contributed by atoms with E-state index in [0.29, 0.717) is 61.1 Å². The second-order valence-electron chi connectivity index (χ2n) is 14.1. The molecular weight excluding hydrogens is 618 g/mol. The number of nitrogens with zero attached hydrogens (tertiary/aromatic N) is 5. The number of tetrazole rings is 1. The summed E-state index contributed by atoms with van der Waals surface area (Å²) in [5.74, 6) is 1.08. The van der Waals surface area contributed by atoms with Crippen LogP contribution in [0.2, 0.25) is 0 Å². The number of fused-ring (bicyclic) bond motifs is 3. The van der Waals surface area contributed by atoms with E-state index in [1.54, 1.807) is 0 Å². The number of nitriles is 1. The van der Waals surface area contributed by atoms with Crippen LogP contribution in [0.25, 0.3) is 0 Å². The molecule has 2 aromatic carbocycles. The van der Waals surface area contributed by atoms with Crippen LogP contribution >= 0.6 is 0 Å². The van der Waals surface area contributed by atoms with Gasteiger partial charge in [-0.05, 0) is 128 Å². The van der Waals surface area contributed by atoms with Gasteiger partial charge in [0.25, 0.3) is 11.8 Å². The number of nitrogens with one attached hydrogen (secondary N) is 4. The van der Waals surface area contributed by atoms with Crippen LogP contribution in [0.1, 0.15) is 108 Å². The molecule has 4 atom stereocenters. The number of hydrogen-bond acceptors (Lipinski definition) is 8. The summed E-state index contributed by atoms with van der Waals surface area (Å²) >= 11 is 0. The summed E-state index contributed by atoms with van der Waals surface area (Å²) in [6, 6.07) is 13.9. The average molecular weight is 664 g/mol. The van der Waals surface area contributed by atoms with Crippen molar-refractivity contribution in [1.82, 2.24) is 41.5 Å². The molecule has 0 spiro atoms. The average Bonchev–Trinajstić information content (AvgIpc) is 3.52. The maximum absolute atomic E-state index is 13.7. The van der Waals surface area contributed by atoms with Crippen molar-refractivity contribution in [3.8, 4) is 6.07 Å². The summed E-state index contributed by atoms with van der Waals surface area (Å²) in [4.78, 5) is 41.6. The molecule has 3 aromatic rings. The van der Waals surface area contributed by atoms with E-state index in [9.17, 15) is 19.6 Å². The number of aromatic amines is 1. The molecule has 4 N–H and O–H groups in total. The van der Waals surface area contributed by atoms with Crippen LogP contribution in [0.4, 0.5) is 0 Å². The minimum atomic E-state index is -0.877. The number of rotatable bonds is 11. The predicted molar refractivity (Wildman–Crippen MR) is 181 cm³/mol. The minimum absolute atomic E-state index is 0.0187. The van der Waals surface area contributed by atoms with E-state index in [1.165, 1.54) is 0 Å². The minimum Gasteiger partial charge on any atom is -0.352 e. The number of aryl methyl sites for hydroxylation is 2. The lowest BCUT2D eigenvalue weighted by atomic mass is 9.66. The highest BCUT2D eigenvalue weighted by molar-refractivity contribution is 5.95. The topological polar surface area (TPSA) is 169 Å². The molecule has 2 heterocycles. The second-order valence-corrected chi connectivity index (χ2v) is 14.1. The Kier molecular flexibility index (Phi) is 9.20. The van der Waals surface area contributed by atoms with Gasteiger partial charge >= 0.3 is 0 Å². The summed E-state index contributed by atoms with van der Waals surface area (Å²) in [5.41, 5.74) is 4.35. The number of likely N-dealkylation sites (tertiary alicyclic amines) is 1. The first-order valence-electron chi connectivity index (χ1n) is 17.9. The van der Waals surface area contributed by atoms with Crippen molar-refractivity contribution in [2.24, 2.45) is 11.8 Å². The monoisotopic (exact) mass is 663 g/mol. The number of carbonyl (C=O) groups is 3. The highest BCUT2D eigenvalue weighted by atomic mass is 16.2. The lowest BCUT2D eigenvalue weighted by Gasteiger charge is -2.39. The molecule has 3 fully saturated rings. The number of H-pyrrole nitrogens is 1. The van der Waals surface area contributed by atoms with Crippen LogP contribution in [0.15, 0.2) is 36.4 Å². The van der Waals surface area contributed by atoms with Crippen LogP contribution in [-0.2, 0) is 23.1 Å². The molecule has 4 aliphatic rings. The first-order chi connectivity index (χ1) is 23.9. The molecule has 1 aromatic heterocycles. The van der Waals surface area contributed by atoms with E-state index in [1.807, 2.05) is 55.1 Å². The van der Waals surface area contributed by atoms with Crippen LogP contribution in [0.5, 0.6) is 0 Å². The molecule has 1 aliphatic heterocycles. The van der Waals surface area contributed by atoms with Crippen LogP contribution < -0.4 is 16.0 Å². The van der Waals surface area contributed by atoms with Gasteiger partial charge in [-0.15, -0.1) is 5.10 Å². The summed E-state index contributed by atoms with van der Waals surface area (Å²) in [6.07, 6.45) is 7.95. The number of aromatic nitrogens is 4. The van der Waals surface area contributed by atoms with Gasteiger partial charge < -0.3 is 20.9 Å². The number of piperidine rings is 1. The molecule has 2 saturated carbocycles. The summed E-state index contributed by atoms with van der Waals surface area (Å²) in [7, 11) is 0. The number of amides is 3. The molecule has 7 rings (SSSR count). The van der Waals surface area contributed by atoms with Gasteiger partial charge in [0.1, 0.15) is 6.04 Å². The fraction of sp³-hybridized carbons (Fsp3) is 0.541. The van der Waals surface area contributed by atoms with Gasteiger partial charge in [-0.1, -0.05) is 25.0 Å². The lowest BCUT2D eigenvalue weighted by Crippen LogP contribution is -2.49. The van der Waals surface area contributed by atoms with E-state index in [0.717, 1.165) is 60.8 Å². The number of benzene rings is 2. The van der Waals surface area contributed by atoms with Gasteiger partial charge in [-0.2, -0.15) is 5.26 Å². The zero-order valence-electron chi connectivity index (χ0n) is 28.3. The Morgan fingerprint density at radius 3 is 2.16 bits per heavy atom. The Bertz CT molecular complexity index is 1690. The third kappa shape index (κ3) is 6.09. The SMILES string of the molecule is CCNC(=O)c1ccc2c(c1)CCc1cc(C(=O)NCC)ccc1C2(C[C@H](NCC(=O)N1[C@H](C#N)C[C@@H]2C[C@@H]21)C1CCCC1)c1nnn[nH]1. The highest BCUT2D eigenvalue weighted by Gasteiger charge is 2.54. The molecule has 12 nitrogen and oxygen atoms in total. The molecule has 0 bridgehead atoms. The van der Waals surface area contributed by atoms with Gasteiger partial charge in [0.2, 0.25) is 5.91 Å². The highest BCUT2D eigenvalue weighted by Crippen LogP contribution is 2.49. The summed E-state index contributed by atoms with van der Waals surface area (Å²) in [6.45, 7) is 5.01. The van der Waals surface area contributed by atoms with Crippen molar-refractivity contribution >= 4 is 17.7 Å². The van der Waals surface area contributed by atoms with E-state index < -0.39 is 5.41 Å². The molecule has 3 aliphatic carbocycles. The molecule has 3 amide bonds. The van der Waals surface area contributed by atoms with Crippen LogP contribution in [0.3, 0.4) is 0 Å². The predicted octanol–water partition coefficient (Wildman–Crippen LogP) is 3.18. The quantitative estimate of drug-likeness (QED) is 0.243. The van der Waals surface area contributed by atoms with E-state index >= 15 is 0 Å². The second kappa shape index (κ2) is 13.7. The van der Waals surface area contributed by atoms with Crippen molar-refractivity contribution in [2.45, 2.75) is 95.2 Å². The largest absolute Gasteiger partial charge is 0.352 e. The van der Waals surface area contributed by atoms with Gasteiger partial charge in [0.15, 0.2) is 5.82 Å². The summed E-state index contributed by atoms with van der Waals surface area (Å²) in [5, 5.41) is 35.2. The smallest absolute Gasteiger partial charge is 0.251 e. The van der Waals surface area contributed by atoms with Crippen molar-refractivity contribution in [3.05, 3.63) is 75.6 Å². The third-order valence-electron chi connectivity index (χ3n) is 11.3. The Labute approximate surface area is 286 Å². The van der Waals surface area contributed by atoms with Crippen molar-refractivity contribution in [3.63, 3.8) is 0 Å². The fourth-order valence-corrected chi connectivity index (χ4v) is 8.90. The van der Waals surface area contributed by atoms with Gasteiger partial charge in [-0.3, -0.25) is 14.4 Å². The molecule has 1 saturated heterocycles. The number of hydrogen-bond donors (Lipinski definition) is 4. The van der Waals surface area contributed by atoms with Gasteiger partial charge in [-0.25, -0.2) is 5.10 Å². The first-order valence-corrected chi connectivity index (χ1v) is 17.9. The van der Waals surface area contributed by atoms with Gasteiger partial charge in [0.05, 0.1) is 18.0 Å².